The largest absolute Gasteiger partial charge is 1.00 e. The Morgan fingerprint density at radius 1 is 0.976 bits per heavy atom. The molecule has 212 valence electrons. The van der Waals surface area contributed by atoms with Crippen LogP contribution in [0, 0.1) is 11.8 Å². The molecule has 1 N–H and O–H groups in total. The zero-order valence-electron chi connectivity index (χ0n) is 24.4. The molecule has 0 amide bonds. The molecule has 1 fully saturated rings. The number of carbonyl (C=O) groups excluding carboxylic acids is 1. The monoisotopic (exact) mass is 607 g/mol. The molecule has 0 aliphatic heterocycles. The number of carbonyl (C=O) groups is 1. The summed E-state index contributed by atoms with van der Waals surface area (Å²) in [6, 6.07) is 26.3. The number of hydrogen-bond donors (Lipinski definition) is 1. The number of benzene rings is 3. The fourth-order valence-corrected chi connectivity index (χ4v) is 6.98. The van der Waals surface area contributed by atoms with Gasteiger partial charge >= 0.3 is 29.6 Å². The average Bonchev–Trinajstić information content (AvgIpc) is 3.82. The van der Waals surface area contributed by atoms with Crippen LogP contribution in [0.2, 0.25) is 5.02 Å². The summed E-state index contributed by atoms with van der Waals surface area (Å²) in [5, 5.41) is 23.3. The van der Waals surface area contributed by atoms with Crippen molar-refractivity contribution < 1.29 is 44.6 Å². The Balaban J connectivity index is 0.00000405. The van der Waals surface area contributed by atoms with E-state index in [2.05, 4.69) is 37.3 Å². The van der Waals surface area contributed by atoms with E-state index in [1.807, 2.05) is 67.6 Å². The predicted octanol–water partition coefficient (Wildman–Crippen LogP) is 4.51. The fraction of sp³-hybridized carbons (Fsp3) is 0.314. The number of carboxylic acid groups (broad SMARTS) is 1. The molecule has 0 spiro atoms. The second-order valence-electron chi connectivity index (χ2n) is 11.2. The maximum Gasteiger partial charge on any atom is 1.00 e. The van der Waals surface area contributed by atoms with Crippen LogP contribution in [-0.2, 0) is 4.79 Å². The molecule has 4 atom stereocenters. The summed E-state index contributed by atoms with van der Waals surface area (Å²) in [4.78, 5) is 17.1. The predicted molar refractivity (Wildman–Crippen MR) is 169 cm³/mol. The minimum Gasteiger partial charge on any atom is -0.550 e. The summed E-state index contributed by atoms with van der Waals surface area (Å²) >= 11 is 7.87. The first-order valence-corrected chi connectivity index (χ1v) is 15.6. The number of thioether (sulfide) groups is 1. The van der Waals surface area contributed by atoms with Gasteiger partial charge < -0.3 is 15.0 Å². The first kappa shape index (κ1) is 32.8. The van der Waals surface area contributed by atoms with Gasteiger partial charge in [-0.3, -0.25) is 0 Å². The van der Waals surface area contributed by atoms with E-state index in [-0.39, 0.29) is 59.2 Å². The minimum atomic E-state index is -0.958. The van der Waals surface area contributed by atoms with Gasteiger partial charge in [-0.15, -0.1) is 0 Å². The van der Waals surface area contributed by atoms with Crippen molar-refractivity contribution in [3.05, 3.63) is 112 Å². The number of aliphatic carboxylic acids is 1. The maximum atomic E-state index is 12.4. The van der Waals surface area contributed by atoms with Gasteiger partial charge in [0.25, 0.3) is 0 Å². The summed E-state index contributed by atoms with van der Waals surface area (Å²) in [7, 11) is 0. The Morgan fingerprint density at radius 3 is 2.33 bits per heavy atom. The fourth-order valence-electron chi connectivity index (χ4n) is 5.25. The zero-order chi connectivity index (χ0) is 28.9. The third-order valence-corrected chi connectivity index (χ3v) is 9.82. The molecule has 0 bridgehead atoms. The smallest absolute Gasteiger partial charge is 0.550 e. The molecule has 3 aromatic carbocycles. The Labute approximate surface area is 279 Å². The Morgan fingerprint density at radius 2 is 1.67 bits per heavy atom. The van der Waals surface area contributed by atoms with Crippen molar-refractivity contribution in [3.63, 3.8) is 0 Å². The number of fused-ring (bicyclic) bond motifs is 1. The van der Waals surface area contributed by atoms with Crippen LogP contribution in [0.3, 0.4) is 0 Å². The number of carboxylic acids is 1. The summed E-state index contributed by atoms with van der Waals surface area (Å²) in [5.41, 5.74) is 6.01. The van der Waals surface area contributed by atoms with Crippen molar-refractivity contribution in [3.8, 4) is 0 Å². The van der Waals surface area contributed by atoms with Gasteiger partial charge in [-0.25, -0.2) is 4.98 Å². The van der Waals surface area contributed by atoms with Crippen LogP contribution in [0.5, 0.6) is 0 Å². The molecule has 4 aromatic rings. The third kappa shape index (κ3) is 8.28. The number of nitrogens with zero attached hydrogens (tertiary/aromatic N) is 1. The topological polar surface area (TPSA) is 73.2 Å². The summed E-state index contributed by atoms with van der Waals surface area (Å²) in [6.45, 7) is 4.32. The van der Waals surface area contributed by atoms with Crippen molar-refractivity contribution in [2.24, 2.45) is 11.8 Å². The second kappa shape index (κ2) is 15.1. The third-order valence-electron chi connectivity index (χ3n) is 7.96. The Kier molecular flexibility index (Phi) is 11.8. The average molecular weight is 608 g/mol. The molecular formula is C35H35ClNNaO3S. The summed E-state index contributed by atoms with van der Waals surface area (Å²) < 4.78 is 0. The van der Waals surface area contributed by atoms with Crippen molar-refractivity contribution in [2.75, 3.05) is 12.4 Å². The second-order valence-corrected chi connectivity index (χ2v) is 12.8. The number of pyridine rings is 1. The summed E-state index contributed by atoms with van der Waals surface area (Å²) in [5.74, 6) is -0.166. The van der Waals surface area contributed by atoms with E-state index in [9.17, 15) is 15.0 Å². The molecule has 5 rings (SSSR count). The summed E-state index contributed by atoms with van der Waals surface area (Å²) in [6.07, 6.45) is 5.87. The van der Waals surface area contributed by atoms with E-state index in [1.165, 1.54) is 5.56 Å². The van der Waals surface area contributed by atoms with Crippen LogP contribution in [0.4, 0.5) is 0 Å². The van der Waals surface area contributed by atoms with E-state index in [0.29, 0.717) is 5.02 Å². The molecule has 1 aliphatic carbocycles. The van der Waals surface area contributed by atoms with Crippen molar-refractivity contribution in [1.82, 2.24) is 4.98 Å². The van der Waals surface area contributed by atoms with Crippen molar-refractivity contribution in [1.29, 1.82) is 0 Å². The molecule has 4 nitrogen and oxygen atoms in total. The standard InChI is InChI=1S/C35H36ClNO3S.Na/c1-22(20-38)25-7-9-26(10-8-25)23(2)21-41-34(33(35(39)40)28-11-12-28)29-5-3-4-24(18-29)6-16-31-17-14-27-13-15-30(36)19-32(27)37-31;/h3-10,13-19,22-23,28,33-34,38H,11-12,20-21H2,1-2H3,(H,39,40);/q;+1/p-1. The van der Waals surface area contributed by atoms with Crippen molar-refractivity contribution in [2.45, 2.75) is 43.8 Å². The Hall–Kier alpha value is -2.12. The van der Waals surface area contributed by atoms with E-state index < -0.39 is 11.9 Å². The molecule has 4 unspecified atom stereocenters. The van der Waals surface area contributed by atoms with E-state index in [4.69, 9.17) is 16.6 Å². The molecule has 0 saturated heterocycles. The molecule has 0 radical (unpaired) electrons. The van der Waals surface area contributed by atoms with Gasteiger partial charge in [0.15, 0.2) is 0 Å². The van der Waals surface area contributed by atoms with Crippen LogP contribution >= 0.6 is 23.4 Å². The van der Waals surface area contributed by atoms with Gasteiger partial charge in [-0.2, -0.15) is 11.8 Å². The number of aliphatic hydroxyl groups is 1. The molecule has 1 saturated carbocycles. The van der Waals surface area contributed by atoms with Crippen LogP contribution in [0.15, 0.2) is 78.9 Å². The van der Waals surface area contributed by atoms with E-state index in [0.717, 1.165) is 51.9 Å². The minimum absolute atomic E-state index is 0. The zero-order valence-corrected chi connectivity index (χ0v) is 27.9. The number of halogens is 1. The van der Waals surface area contributed by atoms with Crippen LogP contribution in [0.25, 0.3) is 23.1 Å². The molecule has 42 heavy (non-hydrogen) atoms. The van der Waals surface area contributed by atoms with E-state index in [1.54, 1.807) is 11.8 Å². The molecule has 7 heteroatoms. The van der Waals surface area contributed by atoms with Gasteiger partial charge in [0, 0.05) is 45.8 Å². The molecule has 1 heterocycles. The number of aromatic nitrogens is 1. The van der Waals surface area contributed by atoms with E-state index >= 15 is 0 Å². The van der Waals surface area contributed by atoms with Crippen molar-refractivity contribution >= 4 is 52.4 Å². The molecule has 1 aromatic heterocycles. The van der Waals surface area contributed by atoms with Gasteiger partial charge in [-0.1, -0.05) is 92.2 Å². The molecule has 1 aliphatic rings. The van der Waals surface area contributed by atoms with Gasteiger partial charge in [0.1, 0.15) is 0 Å². The van der Waals surface area contributed by atoms with Crippen LogP contribution in [0.1, 0.15) is 71.7 Å². The maximum absolute atomic E-state index is 12.4. The first-order valence-electron chi connectivity index (χ1n) is 14.2. The number of rotatable bonds is 12. The SMILES string of the molecule is CC(CO)c1ccc(C(C)CSC(c2cccc(C=Cc3ccc4ccc(Cl)cc4n3)c2)C(C(=O)[O-])C2CC2)cc1.[Na+]. The molecular weight excluding hydrogens is 573 g/mol. The van der Waals surface area contributed by atoms with Crippen LogP contribution < -0.4 is 34.7 Å². The number of aliphatic hydroxyl groups excluding tert-OH is 1. The Bertz CT molecular complexity index is 1540. The number of hydrogen-bond acceptors (Lipinski definition) is 5. The van der Waals surface area contributed by atoms with Gasteiger partial charge in [0.2, 0.25) is 0 Å². The van der Waals surface area contributed by atoms with Crippen LogP contribution in [-0.4, -0.2) is 28.4 Å². The normalized spacial score (nSPS) is 16.1. The van der Waals surface area contributed by atoms with Gasteiger partial charge in [0.05, 0.1) is 11.2 Å². The van der Waals surface area contributed by atoms with Gasteiger partial charge in [-0.05, 0) is 71.2 Å². The first-order chi connectivity index (χ1) is 19.8. The quantitative estimate of drug-likeness (QED) is 0.240.